The van der Waals surface area contributed by atoms with E-state index in [1.807, 2.05) is 0 Å². The monoisotopic (exact) mass is 491 g/mol. The molecule has 1 atom stereocenters. The zero-order valence-electron chi connectivity index (χ0n) is 12.3. The highest BCUT2D eigenvalue weighted by Gasteiger charge is 2.33. The number of benzene rings is 1. The van der Waals surface area contributed by atoms with Gasteiger partial charge in [-0.3, -0.25) is 4.99 Å². The number of amidine groups is 1. The molecule has 0 amide bonds. The van der Waals surface area contributed by atoms with Crippen molar-refractivity contribution in [1.82, 2.24) is 10.3 Å². The number of allylic oxidation sites excluding steroid dienone is 1. The molecule has 0 radical (unpaired) electrons. The number of aliphatic carboxylic acids is 1. The van der Waals surface area contributed by atoms with E-state index in [1.54, 1.807) is 11.6 Å². The summed E-state index contributed by atoms with van der Waals surface area (Å²) < 4.78 is 27.2. The third kappa shape index (κ3) is 3.38. The summed E-state index contributed by atoms with van der Waals surface area (Å²) in [4.78, 5) is 20.3. The Balaban J connectivity index is 2.20. The number of nitrogens with one attached hydrogen (secondary N) is 1. The molecule has 1 aliphatic rings. The number of nitrogens with zero attached hydrogens (tertiary/aromatic N) is 2. The van der Waals surface area contributed by atoms with Gasteiger partial charge in [-0.05, 0) is 27.6 Å². The normalized spacial score (nSPS) is 17.3. The molecule has 2 aromatic rings. The van der Waals surface area contributed by atoms with Gasteiger partial charge in [0.15, 0.2) is 22.5 Å². The highest BCUT2D eigenvalue weighted by molar-refractivity contribution is 9.10. The summed E-state index contributed by atoms with van der Waals surface area (Å²) in [7, 11) is 0. The number of aromatic nitrogens is 1. The molecule has 10 heteroatoms. The SMILES string of the molecule is O=C(O)C1=C(CBr)NC(c2nccs2)=NC1c1ccc(F)c(F)c1Br. The summed E-state index contributed by atoms with van der Waals surface area (Å²) in [6, 6.07) is 1.24. The number of carbonyl (C=O) groups is 1. The molecule has 0 spiro atoms. The van der Waals surface area contributed by atoms with E-state index < -0.39 is 23.6 Å². The van der Waals surface area contributed by atoms with Crippen LogP contribution in [-0.4, -0.2) is 27.2 Å². The second-order valence-corrected chi connectivity index (χ2v) is 7.19. The van der Waals surface area contributed by atoms with Crippen LogP contribution in [-0.2, 0) is 4.79 Å². The second-order valence-electron chi connectivity index (χ2n) is 4.94. The Kier molecular flexibility index (Phi) is 5.30. The Morgan fingerprint density at radius 2 is 2.16 bits per heavy atom. The number of aliphatic imine (C=N–C) groups is 1. The number of alkyl halides is 1. The van der Waals surface area contributed by atoms with Crippen LogP contribution in [0.15, 0.2) is 44.4 Å². The molecule has 0 saturated carbocycles. The fraction of sp³-hybridized carbons (Fsp3) is 0.133. The standard InChI is InChI=1S/C15H9Br2F2N3O2S/c16-5-8-9(15(23)24)12(6-1-2-7(18)11(19)10(6)17)22-13(21-8)14-20-3-4-25-14/h1-4,12H,5H2,(H,21,22)(H,23,24). The van der Waals surface area contributed by atoms with Gasteiger partial charge in [0.05, 0.1) is 10.0 Å². The number of rotatable bonds is 4. The number of hydrogen-bond acceptors (Lipinski definition) is 5. The van der Waals surface area contributed by atoms with Crippen molar-refractivity contribution < 1.29 is 18.7 Å². The lowest BCUT2D eigenvalue weighted by Gasteiger charge is -2.26. The number of hydrogen-bond donors (Lipinski definition) is 2. The van der Waals surface area contributed by atoms with Gasteiger partial charge in [-0.2, -0.15) is 0 Å². The minimum absolute atomic E-state index is 0.0520. The van der Waals surface area contributed by atoms with Gasteiger partial charge in [0.1, 0.15) is 6.04 Å². The van der Waals surface area contributed by atoms with E-state index in [-0.39, 0.29) is 20.9 Å². The molecule has 0 saturated heterocycles. The first-order valence-electron chi connectivity index (χ1n) is 6.84. The van der Waals surface area contributed by atoms with E-state index in [2.05, 4.69) is 47.2 Å². The Labute approximate surface area is 161 Å². The largest absolute Gasteiger partial charge is 0.478 e. The van der Waals surface area contributed by atoms with Gasteiger partial charge in [-0.25, -0.2) is 18.6 Å². The van der Waals surface area contributed by atoms with Crippen molar-refractivity contribution in [3.63, 3.8) is 0 Å². The van der Waals surface area contributed by atoms with Crippen molar-refractivity contribution in [3.05, 3.63) is 61.7 Å². The number of carboxylic acid groups (broad SMARTS) is 1. The Morgan fingerprint density at radius 3 is 2.76 bits per heavy atom. The molecule has 5 nitrogen and oxygen atoms in total. The molecule has 1 unspecified atom stereocenters. The van der Waals surface area contributed by atoms with Crippen molar-refractivity contribution >= 4 is 55.0 Å². The molecule has 3 rings (SSSR count). The fourth-order valence-corrected chi connectivity index (χ4v) is 3.95. The smallest absolute Gasteiger partial charge is 0.335 e. The van der Waals surface area contributed by atoms with Gasteiger partial charge < -0.3 is 10.4 Å². The van der Waals surface area contributed by atoms with Crippen LogP contribution in [0, 0.1) is 11.6 Å². The molecule has 1 aromatic heterocycles. The average molecular weight is 493 g/mol. The lowest BCUT2D eigenvalue weighted by Crippen LogP contribution is -2.34. The number of thiazole rings is 1. The van der Waals surface area contributed by atoms with Crippen LogP contribution in [0.25, 0.3) is 0 Å². The van der Waals surface area contributed by atoms with Gasteiger partial charge in [0.25, 0.3) is 0 Å². The first-order chi connectivity index (χ1) is 11.9. The van der Waals surface area contributed by atoms with Crippen LogP contribution in [0.3, 0.4) is 0 Å². The van der Waals surface area contributed by atoms with Gasteiger partial charge >= 0.3 is 5.97 Å². The maximum Gasteiger partial charge on any atom is 0.335 e. The predicted molar refractivity (Wildman–Crippen MR) is 97.0 cm³/mol. The van der Waals surface area contributed by atoms with E-state index in [1.165, 1.54) is 17.4 Å². The van der Waals surface area contributed by atoms with E-state index >= 15 is 0 Å². The highest BCUT2D eigenvalue weighted by atomic mass is 79.9. The van der Waals surface area contributed by atoms with Crippen LogP contribution >= 0.6 is 43.2 Å². The molecule has 1 aliphatic heterocycles. The third-order valence-electron chi connectivity index (χ3n) is 3.48. The first kappa shape index (κ1) is 18.2. The summed E-state index contributed by atoms with van der Waals surface area (Å²) in [6.07, 6.45) is 1.59. The lowest BCUT2D eigenvalue weighted by atomic mass is 9.96. The molecule has 0 bridgehead atoms. The summed E-state index contributed by atoms with van der Waals surface area (Å²) in [6.45, 7) is 0. The van der Waals surface area contributed by atoms with Crippen LogP contribution < -0.4 is 5.32 Å². The molecule has 2 N–H and O–H groups in total. The van der Waals surface area contributed by atoms with Gasteiger partial charge in [0.2, 0.25) is 0 Å². The molecular formula is C15H9Br2F2N3O2S. The van der Waals surface area contributed by atoms with Crippen molar-refractivity contribution in [2.75, 3.05) is 5.33 Å². The summed E-state index contributed by atoms with van der Waals surface area (Å²) >= 11 is 7.59. The van der Waals surface area contributed by atoms with Gasteiger partial charge in [-0.1, -0.05) is 22.0 Å². The lowest BCUT2D eigenvalue weighted by molar-refractivity contribution is -0.133. The zero-order chi connectivity index (χ0) is 18.1. The Hall–Kier alpha value is -1.65. The maximum absolute atomic E-state index is 14.0. The molecule has 0 fully saturated rings. The van der Waals surface area contributed by atoms with Crippen molar-refractivity contribution in [1.29, 1.82) is 0 Å². The number of carboxylic acids is 1. The quantitative estimate of drug-likeness (QED) is 0.499. The van der Waals surface area contributed by atoms with E-state index in [0.717, 1.165) is 6.07 Å². The molecule has 130 valence electrons. The summed E-state index contributed by atoms with van der Waals surface area (Å²) in [5, 5.41) is 15.1. The highest BCUT2D eigenvalue weighted by Crippen LogP contribution is 2.37. The van der Waals surface area contributed by atoms with Crippen LogP contribution in [0.5, 0.6) is 0 Å². The van der Waals surface area contributed by atoms with Crippen LogP contribution in [0.2, 0.25) is 0 Å². The molecule has 0 aliphatic carbocycles. The summed E-state index contributed by atoms with van der Waals surface area (Å²) in [5.74, 6) is -2.95. The maximum atomic E-state index is 14.0. The van der Waals surface area contributed by atoms with Crippen LogP contribution in [0.1, 0.15) is 16.6 Å². The topological polar surface area (TPSA) is 74.6 Å². The van der Waals surface area contributed by atoms with Gasteiger partial charge in [0, 0.05) is 22.6 Å². The Bertz CT molecular complexity index is 900. The van der Waals surface area contributed by atoms with Crippen molar-refractivity contribution in [2.24, 2.45) is 4.99 Å². The van der Waals surface area contributed by atoms with E-state index in [4.69, 9.17) is 0 Å². The fourth-order valence-electron chi connectivity index (χ4n) is 2.38. The zero-order valence-corrected chi connectivity index (χ0v) is 16.3. The summed E-state index contributed by atoms with van der Waals surface area (Å²) in [5.41, 5.74) is 0.531. The number of halogens is 4. The van der Waals surface area contributed by atoms with Crippen LogP contribution in [0.4, 0.5) is 8.78 Å². The molecular weight excluding hydrogens is 484 g/mol. The first-order valence-corrected chi connectivity index (χ1v) is 9.63. The third-order valence-corrected chi connectivity index (χ3v) is 5.63. The van der Waals surface area contributed by atoms with Gasteiger partial charge in [-0.15, -0.1) is 11.3 Å². The van der Waals surface area contributed by atoms with Crippen molar-refractivity contribution in [3.8, 4) is 0 Å². The molecule has 25 heavy (non-hydrogen) atoms. The predicted octanol–water partition coefficient (Wildman–Crippen LogP) is 4.01. The minimum Gasteiger partial charge on any atom is -0.478 e. The second kappa shape index (κ2) is 7.30. The Morgan fingerprint density at radius 1 is 1.40 bits per heavy atom. The molecule has 1 aromatic carbocycles. The van der Waals surface area contributed by atoms with Crippen molar-refractivity contribution in [2.45, 2.75) is 6.04 Å². The minimum atomic E-state index is -1.20. The van der Waals surface area contributed by atoms with E-state index in [9.17, 15) is 18.7 Å². The van der Waals surface area contributed by atoms with E-state index in [0.29, 0.717) is 16.5 Å². The molecule has 2 heterocycles. The average Bonchev–Trinajstić information content (AvgIpc) is 3.13.